The van der Waals surface area contributed by atoms with Gasteiger partial charge in [0.15, 0.2) is 7.14 Å². The van der Waals surface area contributed by atoms with Crippen LogP contribution in [0.2, 0.25) is 0 Å². The van der Waals surface area contributed by atoms with E-state index < -0.39 is 25.4 Å². The highest BCUT2D eigenvalue weighted by Gasteiger charge is 2.40. The summed E-state index contributed by atoms with van der Waals surface area (Å²) in [6.45, 7) is -0.670. The third kappa shape index (κ3) is 2.53. The van der Waals surface area contributed by atoms with Crippen LogP contribution in [0.4, 0.5) is 0 Å². The predicted octanol–water partition coefficient (Wildman–Crippen LogP) is 1.45. The Kier molecular flexibility index (Phi) is 4.38. The maximum Gasteiger partial charge on any atom is 0.317 e. The van der Waals surface area contributed by atoms with Gasteiger partial charge in [0.05, 0.1) is 6.61 Å². The molecule has 0 aliphatic carbocycles. The molecular formula is C15H15O4P. The summed E-state index contributed by atoms with van der Waals surface area (Å²) in [5.41, 5.74) is -1.34. The molecule has 2 N–H and O–H groups in total. The Hall–Kier alpha value is -1.90. The van der Waals surface area contributed by atoms with E-state index in [1.807, 2.05) is 0 Å². The molecule has 1 atom stereocenters. The second-order valence-electron chi connectivity index (χ2n) is 4.37. The van der Waals surface area contributed by atoms with Gasteiger partial charge in [-0.1, -0.05) is 60.7 Å². The topological polar surface area (TPSA) is 74.6 Å². The molecule has 0 fully saturated rings. The van der Waals surface area contributed by atoms with Crippen molar-refractivity contribution in [1.82, 2.24) is 0 Å². The molecule has 0 amide bonds. The van der Waals surface area contributed by atoms with Gasteiger partial charge in [-0.25, -0.2) is 0 Å². The Balaban J connectivity index is 2.67. The van der Waals surface area contributed by atoms with Crippen molar-refractivity contribution in [3.8, 4) is 0 Å². The van der Waals surface area contributed by atoms with Crippen molar-refractivity contribution in [3.05, 3.63) is 60.7 Å². The van der Waals surface area contributed by atoms with E-state index in [-0.39, 0.29) is 0 Å². The molecule has 2 rings (SSSR count). The summed E-state index contributed by atoms with van der Waals surface area (Å²) in [5.74, 6) is -1.26. The zero-order valence-corrected chi connectivity index (χ0v) is 11.6. The number of aliphatic hydroxyl groups is 1. The molecule has 0 aliphatic rings. The predicted molar refractivity (Wildman–Crippen MR) is 78.3 cm³/mol. The van der Waals surface area contributed by atoms with Gasteiger partial charge in [-0.2, -0.15) is 0 Å². The number of carboxylic acid groups (broad SMARTS) is 1. The van der Waals surface area contributed by atoms with Crippen LogP contribution in [0.3, 0.4) is 0 Å². The van der Waals surface area contributed by atoms with Crippen LogP contribution in [0.15, 0.2) is 60.7 Å². The number of carbonyl (C=O) groups is 1. The van der Waals surface area contributed by atoms with Crippen molar-refractivity contribution in [2.45, 2.75) is 5.66 Å². The number of hydrogen-bond donors (Lipinski definition) is 2. The van der Waals surface area contributed by atoms with E-state index in [0.717, 1.165) is 0 Å². The lowest BCUT2D eigenvalue weighted by Crippen LogP contribution is -2.34. The second-order valence-corrected chi connectivity index (χ2v) is 7.34. The minimum absolute atomic E-state index is 0.438. The summed E-state index contributed by atoms with van der Waals surface area (Å²) >= 11 is 0. The van der Waals surface area contributed by atoms with E-state index in [9.17, 15) is 19.6 Å². The highest BCUT2D eigenvalue weighted by Crippen LogP contribution is 2.48. The number of aliphatic carboxylic acids is 1. The summed E-state index contributed by atoms with van der Waals surface area (Å²) in [7, 11) is -3.44. The van der Waals surface area contributed by atoms with Crippen LogP contribution in [0, 0.1) is 0 Å². The van der Waals surface area contributed by atoms with Crippen LogP contribution in [-0.2, 0) is 9.36 Å². The molecule has 1 unspecified atom stereocenters. The van der Waals surface area contributed by atoms with Crippen LogP contribution in [0.5, 0.6) is 0 Å². The third-order valence-electron chi connectivity index (χ3n) is 3.18. The number of carboxylic acids is 1. The smallest absolute Gasteiger partial charge is 0.317 e. The summed E-state index contributed by atoms with van der Waals surface area (Å²) in [5, 5.41) is 19.6. The van der Waals surface area contributed by atoms with E-state index in [0.29, 0.717) is 10.6 Å². The number of hydrogen-bond acceptors (Lipinski definition) is 3. The first-order valence-electron chi connectivity index (χ1n) is 6.15. The van der Waals surface area contributed by atoms with E-state index >= 15 is 0 Å². The summed E-state index contributed by atoms with van der Waals surface area (Å²) in [6.07, 6.45) is 0. The fraction of sp³-hybridized carbons (Fsp3) is 0.133. The molecule has 0 saturated carbocycles. The molecule has 4 nitrogen and oxygen atoms in total. The molecule has 20 heavy (non-hydrogen) atoms. The molecule has 5 heteroatoms. The Morgan fingerprint density at radius 3 is 1.65 bits per heavy atom. The maximum absolute atomic E-state index is 13.4. The summed E-state index contributed by atoms with van der Waals surface area (Å²) in [4.78, 5) is 11.4. The maximum atomic E-state index is 13.4. The molecule has 0 aliphatic heterocycles. The van der Waals surface area contributed by atoms with Gasteiger partial charge < -0.3 is 14.8 Å². The fourth-order valence-electron chi connectivity index (χ4n) is 2.16. The molecule has 0 spiro atoms. The lowest BCUT2D eigenvalue weighted by atomic mass is 10.4. The molecule has 2 aromatic carbocycles. The SMILES string of the molecule is O=C(O)C(CO)P(=O)(c1ccccc1)c1ccccc1. The Morgan fingerprint density at radius 1 is 0.950 bits per heavy atom. The second kappa shape index (κ2) is 6.04. The van der Waals surface area contributed by atoms with E-state index in [4.69, 9.17) is 0 Å². The molecule has 0 heterocycles. The molecular weight excluding hydrogens is 275 g/mol. The van der Waals surface area contributed by atoms with E-state index in [1.54, 1.807) is 60.7 Å². The zero-order chi connectivity index (χ0) is 14.6. The Bertz CT molecular complexity index is 581. The van der Waals surface area contributed by atoms with Crippen molar-refractivity contribution in [3.63, 3.8) is 0 Å². The number of aliphatic hydroxyl groups excluding tert-OH is 1. The molecule has 2 aromatic rings. The van der Waals surface area contributed by atoms with Crippen molar-refractivity contribution >= 4 is 23.7 Å². The van der Waals surface area contributed by atoms with Crippen molar-refractivity contribution in [2.24, 2.45) is 0 Å². The van der Waals surface area contributed by atoms with Crippen LogP contribution < -0.4 is 10.6 Å². The highest BCUT2D eigenvalue weighted by molar-refractivity contribution is 7.80. The Morgan fingerprint density at radius 2 is 1.35 bits per heavy atom. The summed E-state index contributed by atoms with van der Waals surface area (Å²) in [6, 6.07) is 16.9. The van der Waals surface area contributed by atoms with Gasteiger partial charge in [0.25, 0.3) is 0 Å². The molecule has 0 saturated heterocycles. The minimum Gasteiger partial charge on any atom is -0.481 e. The van der Waals surface area contributed by atoms with E-state index in [1.165, 1.54) is 0 Å². The monoisotopic (exact) mass is 290 g/mol. The lowest BCUT2D eigenvalue weighted by molar-refractivity contribution is -0.137. The van der Waals surface area contributed by atoms with Crippen LogP contribution in [-0.4, -0.2) is 28.4 Å². The third-order valence-corrected chi connectivity index (χ3v) is 6.57. The first kappa shape index (κ1) is 14.5. The standard InChI is InChI=1S/C15H15O4P/c16-11-14(15(17)18)20(19,12-7-3-1-4-8-12)13-9-5-2-6-10-13/h1-10,14,16H,11H2,(H,17,18). The van der Waals surface area contributed by atoms with Crippen LogP contribution >= 0.6 is 7.14 Å². The average molecular weight is 290 g/mol. The van der Waals surface area contributed by atoms with Gasteiger partial charge in [-0.15, -0.1) is 0 Å². The number of benzene rings is 2. The van der Waals surface area contributed by atoms with Crippen molar-refractivity contribution < 1.29 is 19.6 Å². The highest BCUT2D eigenvalue weighted by atomic mass is 31.2. The Labute approximate surface area is 117 Å². The lowest BCUT2D eigenvalue weighted by Gasteiger charge is -2.24. The molecule has 0 bridgehead atoms. The quantitative estimate of drug-likeness (QED) is 0.817. The number of rotatable bonds is 5. The molecule has 0 aromatic heterocycles. The van der Waals surface area contributed by atoms with Crippen LogP contribution in [0.1, 0.15) is 0 Å². The average Bonchev–Trinajstić information content (AvgIpc) is 2.49. The fourth-order valence-corrected chi connectivity index (χ4v) is 4.95. The van der Waals surface area contributed by atoms with Gasteiger partial charge in [0.2, 0.25) is 0 Å². The molecule has 104 valence electrons. The first-order valence-corrected chi connectivity index (χ1v) is 7.93. The zero-order valence-electron chi connectivity index (χ0n) is 10.7. The first-order chi connectivity index (χ1) is 9.60. The summed E-state index contributed by atoms with van der Waals surface area (Å²) < 4.78 is 13.4. The van der Waals surface area contributed by atoms with Crippen LogP contribution in [0.25, 0.3) is 0 Å². The minimum atomic E-state index is -3.44. The van der Waals surface area contributed by atoms with Gasteiger partial charge in [0, 0.05) is 10.6 Å². The van der Waals surface area contributed by atoms with Gasteiger partial charge in [-0.05, 0) is 0 Å². The van der Waals surface area contributed by atoms with Crippen molar-refractivity contribution in [1.29, 1.82) is 0 Å². The largest absolute Gasteiger partial charge is 0.481 e. The normalized spacial score (nSPS) is 12.8. The van der Waals surface area contributed by atoms with Gasteiger partial charge >= 0.3 is 5.97 Å². The molecule has 0 radical (unpaired) electrons. The van der Waals surface area contributed by atoms with Gasteiger partial charge in [-0.3, -0.25) is 4.79 Å². The van der Waals surface area contributed by atoms with Crippen molar-refractivity contribution in [2.75, 3.05) is 6.61 Å². The van der Waals surface area contributed by atoms with E-state index in [2.05, 4.69) is 0 Å². The van der Waals surface area contributed by atoms with Gasteiger partial charge in [0.1, 0.15) is 5.66 Å².